The zero-order valence-corrected chi connectivity index (χ0v) is 19.4. The molecule has 3 atom stereocenters. The molecule has 6 N–H and O–H groups in total. The summed E-state index contributed by atoms with van der Waals surface area (Å²) >= 11 is 6.38. The second-order valence-electron chi connectivity index (χ2n) is 9.13. The monoisotopic (exact) mass is 487 g/mol. The fourth-order valence-corrected chi connectivity index (χ4v) is 5.62. The Kier molecular flexibility index (Phi) is 6.08. The summed E-state index contributed by atoms with van der Waals surface area (Å²) < 4.78 is 0. The quantitative estimate of drug-likeness (QED) is 0.399. The molecular formula is C25H26ClNO7. The summed E-state index contributed by atoms with van der Waals surface area (Å²) in [5.41, 5.74) is 3.00. The highest BCUT2D eigenvalue weighted by atomic mass is 35.5. The number of carbonyl (C=O) groups is 3. The third-order valence-electron chi connectivity index (χ3n) is 7.06. The van der Waals surface area contributed by atoms with Crippen LogP contribution in [0.15, 0.2) is 34.1 Å². The Balaban J connectivity index is 1.86. The molecule has 8 nitrogen and oxygen atoms in total. The molecule has 180 valence electrons. The summed E-state index contributed by atoms with van der Waals surface area (Å²) in [4.78, 5) is 37.6. The van der Waals surface area contributed by atoms with E-state index in [1.54, 1.807) is 12.1 Å². The number of primary amides is 1. The van der Waals surface area contributed by atoms with Crippen LogP contribution in [0.4, 0.5) is 0 Å². The van der Waals surface area contributed by atoms with Crippen LogP contribution in [0, 0.1) is 11.8 Å². The molecule has 4 rings (SSSR count). The number of fused-ring (bicyclic) bond motifs is 3. The van der Waals surface area contributed by atoms with Gasteiger partial charge in [-0.3, -0.25) is 14.4 Å². The molecule has 0 aliphatic heterocycles. The van der Waals surface area contributed by atoms with E-state index in [0.717, 1.165) is 12.8 Å². The normalized spacial score (nSPS) is 26.9. The van der Waals surface area contributed by atoms with Gasteiger partial charge in [0.05, 0.1) is 5.56 Å². The molecular weight excluding hydrogens is 462 g/mol. The number of aliphatic hydroxyl groups excluding tert-OH is 2. The van der Waals surface area contributed by atoms with E-state index in [4.69, 9.17) is 17.3 Å². The van der Waals surface area contributed by atoms with Gasteiger partial charge in [-0.05, 0) is 54.9 Å². The van der Waals surface area contributed by atoms with Gasteiger partial charge in [-0.2, -0.15) is 0 Å². The topological polar surface area (TPSA) is 158 Å². The second-order valence-corrected chi connectivity index (χ2v) is 9.61. The second kappa shape index (κ2) is 8.60. The maximum Gasteiger partial charge on any atom is 0.255 e. The van der Waals surface area contributed by atoms with E-state index in [-0.39, 0.29) is 36.1 Å². The van der Waals surface area contributed by atoms with E-state index in [1.807, 2.05) is 6.92 Å². The summed E-state index contributed by atoms with van der Waals surface area (Å²) in [6.07, 6.45) is 4.30. The van der Waals surface area contributed by atoms with E-state index in [1.165, 1.54) is 6.07 Å². The molecule has 9 heteroatoms. The number of allylic oxidation sites excluding steroid dienone is 1. The van der Waals surface area contributed by atoms with Gasteiger partial charge in [0.25, 0.3) is 5.91 Å². The first-order chi connectivity index (χ1) is 16.0. The molecule has 0 saturated heterocycles. The predicted octanol–water partition coefficient (Wildman–Crippen LogP) is 3.19. The number of halogens is 1. The van der Waals surface area contributed by atoms with Crippen LogP contribution < -0.4 is 5.73 Å². The number of carbonyl (C=O) groups excluding carboxylic acids is 3. The van der Waals surface area contributed by atoms with Crippen molar-refractivity contribution in [1.29, 1.82) is 0 Å². The molecule has 0 aromatic heterocycles. The number of aliphatic hydroxyl groups is 3. The smallest absolute Gasteiger partial charge is 0.255 e. The lowest BCUT2D eigenvalue weighted by molar-refractivity contribution is -0.147. The number of nitrogens with two attached hydrogens (primary N) is 1. The van der Waals surface area contributed by atoms with Gasteiger partial charge in [0.1, 0.15) is 22.8 Å². The maximum absolute atomic E-state index is 13.5. The number of amides is 1. The fourth-order valence-electron chi connectivity index (χ4n) is 5.37. The molecule has 3 aliphatic rings. The van der Waals surface area contributed by atoms with Crippen LogP contribution in [0.3, 0.4) is 0 Å². The fraction of sp³-hybridized carbons (Fsp3) is 0.400. The van der Waals surface area contributed by atoms with Crippen molar-refractivity contribution in [3.63, 3.8) is 0 Å². The Morgan fingerprint density at radius 3 is 2.59 bits per heavy atom. The first-order valence-corrected chi connectivity index (χ1v) is 11.6. The minimum absolute atomic E-state index is 0.0563. The Labute approximate surface area is 201 Å². The van der Waals surface area contributed by atoms with Crippen LogP contribution in [0.5, 0.6) is 5.75 Å². The van der Waals surface area contributed by atoms with Crippen molar-refractivity contribution in [2.45, 2.75) is 51.0 Å². The van der Waals surface area contributed by atoms with E-state index < -0.39 is 52.0 Å². The maximum atomic E-state index is 13.5. The van der Waals surface area contributed by atoms with Gasteiger partial charge < -0.3 is 26.2 Å². The number of Topliss-reactive ketones (excluding diaryl/α,β-unsaturated/α-hetero) is 2. The summed E-state index contributed by atoms with van der Waals surface area (Å²) in [6, 6.07) is 3.07. The molecule has 3 aliphatic carbocycles. The molecule has 34 heavy (non-hydrogen) atoms. The molecule has 1 unspecified atom stereocenters. The lowest BCUT2D eigenvalue weighted by Gasteiger charge is -2.46. The highest BCUT2D eigenvalue weighted by molar-refractivity contribution is 6.31. The molecule has 1 aromatic carbocycles. The van der Waals surface area contributed by atoms with Gasteiger partial charge in [0.2, 0.25) is 5.78 Å². The number of unbranched alkanes of at least 4 members (excludes halogenated alkanes) is 1. The summed E-state index contributed by atoms with van der Waals surface area (Å²) in [7, 11) is 0. The van der Waals surface area contributed by atoms with Gasteiger partial charge in [0, 0.05) is 22.9 Å². The van der Waals surface area contributed by atoms with Gasteiger partial charge in [-0.1, -0.05) is 31.0 Å². The zero-order valence-electron chi connectivity index (χ0n) is 18.6. The SMILES string of the molecule is CCCC/C(Cl)=C/c1ccc(O)c2c1C[C@H]1CC3CC(=O)C(C(N)=O)=C(O)[C@@]3(O)C(=O)C1=C2O. The van der Waals surface area contributed by atoms with E-state index in [2.05, 4.69) is 0 Å². The zero-order chi connectivity index (χ0) is 24.9. The van der Waals surface area contributed by atoms with Crippen molar-refractivity contribution in [1.82, 2.24) is 0 Å². The van der Waals surface area contributed by atoms with Crippen molar-refractivity contribution >= 4 is 40.9 Å². The Morgan fingerprint density at radius 2 is 1.94 bits per heavy atom. The number of hydrogen-bond acceptors (Lipinski definition) is 7. The summed E-state index contributed by atoms with van der Waals surface area (Å²) in [6.45, 7) is 2.05. The average molecular weight is 488 g/mol. The van der Waals surface area contributed by atoms with Gasteiger partial charge in [0.15, 0.2) is 11.4 Å². The predicted molar refractivity (Wildman–Crippen MR) is 125 cm³/mol. The number of rotatable bonds is 5. The Morgan fingerprint density at radius 1 is 1.24 bits per heavy atom. The third-order valence-corrected chi connectivity index (χ3v) is 7.36. The highest BCUT2D eigenvalue weighted by Gasteiger charge is 2.60. The van der Waals surface area contributed by atoms with Crippen molar-refractivity contribution in [2.75, 3.05) is 0 Å². The number of aromatic hydroxyl groups is 1. The highest BCUT2D eigenvalue weighted by Crippen LogP contribution is 2.52. The molecule has 1 aromatic rings. The summed E-state index contributed by atoms with van der Waals surface area (Å²) in [5, 5.41) is 44.1. The largest absolute Gasteiger partial charge is 0.508 e. The van der Waals surface area contributed by atoms with Gasteiger partial charge in [-0.25, -0.2) is 0 Å². The average Bonchev–Trinajstić information content (AvgIpc) is 2.76. The Hall–Kier alpha value is -3.10. The van der Waals surface area contributed by atoms with E-state index in [9.17, 15) is 34.8 Å². The number of ketones is 2. The van der Waals surface area contributed by atoms with E-state index >= 15 is 0 Å². The number of hydrogen-bond donors (Lipinski definition) is 5. The lowest BCUT2D eigenvalue weighted by atomic mass is 9.59. The summed E-state index contributed by atoms with van der Waals surface area (Å²) in [5.74, 6) is -6.42. The van der Waals surface area contributed by atoms with Crippen molar-refractivity contribution < 1.29 is 34.8 Å². The molecule has 0 spiro atoms. The van der Waals surface area contributed by atoms with Crippen molar-refractivity contribution in [2.24, 2.45) is 17.6 Å². The first kappa shape index (κ1) is 24.0. The number of phenolic OH excluding ortho intramolecular Hbond substituents is 1. The minimum atomic E-state index is -2.56. The van der Waals surface area contributed by atoms with Crippen LogP contribution in [0.1, 0.15) is 55.7 Å². The number of benzene rings is 1. The van der Waals surface area contributed by atoms with E-state index in [0.29, 0.717) is 22.6 Å². The molecule has 1 saturated carbocycles. The van der Waals surface area contributed by atoms with Crippen LogP contribution in [-0.4, -0.2) is 43.5 Å². The number of phenols is 1. The van der Waals surface area contributed by atoms with Crippen LogP contribution in [0.2, 0.25) is 0 Å². The minimum Gasteiger partial charge on any atom is -0.508 e. The standard InChI is InChI=1S/C25H26ClNO7/c1-2-3-4-14(26)8-11-5-6-16(28)19-15(11)9-12-7-13-10-17(29)20(24(27)33)23(32)25(13,34)22(31)18(12)21(19)30/h5-6,8,12-13,28,30,32,34H,2-4,7,9-10H2,1H3,(H2,27,33)/b14-8-/t12-,13?,25+/m1/s1. The molecule has 1 amide bonds. The molecule has 0 bridgehead atoms. The van der Waals surface area contributed by atoms with Crippen molar-refractivity contribution in [3.8, 4) is 5.75 Å². The molecule has 0 radical (unpaired) electrons. The third kappa shape index (κ3) is 3.52. The van der Waals surface area contributed by atoms with Gasteiger partial charge in [-0.15, -0.1) is 0 Å². The first-order valence-electron chi connectivity index (χ1n) is 11.2. The molecule has 1 fully saturated rings. The van der Waals surface area contributed by atoms with Crippen molar-refractivity contribution in [3.05, 3.63) is 50.8 Å². The van der Waals surface area contributed by atoms with Crippen LogP contribution in [-0.2, 0) is 20.8 Å². The Bertz CT molecular complexity index is 1210. The van der Waals surface area contributed by atoms with Crippen LogP contribution >= 0.6 is 11.6 Å². The molecule has 0 heterocycles. The van der Waals surface area contributed by atoms with Gasteiger partial charge >= 0.3 is 0 Å². The lowest BCUT2D eigenvalue weighted by Crippen LogP contribution is -2.58. The van der Waals surface area contributed by atoms with Crippen LogP contribution in [0.25, 0.3) is 11.8 Å².